The van der Waals surface area contributed by atoms with E-state index in [0.717, 1.165) is 30.4 Å². The predicted octanol–water partition coefficient (Wildman–Crippen LogP) is 4.23. The van der Waals surface area contributed by atoms with Gasteiger partial charge in [-0.3, -0.25) is 0 Å². The van der Waals surface area contributed by atoms with E-state index in [4.69, 9.17) is 0 Å². The van der Waals surface area contributed by atoms with Crippen molar-refractivity contribution in [2.24, 2.45) is 0 Å². The molecule has 2 aromatic carbocycles. The molecule has 0 unspecified atom stereocenters. The van der Waals surface area contributed by atoms with Crippen molar-refractivity contribution < 1.29 is 12.8 Å². The van der Waals surface area contributed by atoms with E-state index in [-0.39, 0.29) is 23.5 Å². The van der Waals surface area contributed by atoms with Gasteiger partial charge in [-0.05, 0) is 42.5 Å². The molecule has 1 aliphatic carbocycles. The van der Waals surface area contributed by atoms with Crippen LogP contribution in [0, 0.1) is 5.82 Å². The molecule has 0 radical (unpaired) electrons. The van der Waals surface area contributed by atoms with E-state index in [2.05, 4.69) is 6.08 Å². The first-order valence-electron chi connectivity index (χ1n) is 9.02. The maximum absolute atomic E-state index is 13.7. The van der Waals surface area contributed by atoms with Crippen LogP contribution in [0.3, 0.4) is 0 Å². The van der Waals surface area contributed by atoms with Crippen molar-refractivity contribution in [2.45, 2.75) is 37.0 Å². The van der Waals surface area contributed by atoms with Crippen molar-refractivity contribution in [3.8, 4) is 0 Å². The third-order valence-corrected chi connectivity index (χ3v) is 7.22. The van der Waals surface area contributed by atoms with Crippen molar-refractivity contribution in [1.82, 2.24) is 4.31 Å². The predicted molar refractivity (Wildman–Crippen MR) is 101 cm³/mol. The van der Waals surface area contributed by atoms with Crippen molar-refractivity contribution in [3.63, 3.8) is 0 Å². The number of hydrogen-bond acceptors (Lipinski definition) is 2. The lowest BCUT2D eigenvalue weighted by atomic mass is 9.80. The number of nitrogens with zero attached hydrogens (tertiary/aromatic N) is 1. The first kappa shape index (κ1) is 17.4. The van der Waals surface area contributed by atoms with E-state index in [1.165, 1.54) is 11.6 Å². The Balaban J connectivity index is 1.66. The average Bonchev–Trinajstić information content (AvgIpc) is 3.07. The molecule has 0 amide bonds. The highest BCUT2D eigenvalue weighted by atomic mass is 32.2. The van der Waals surface area contributed by atoms with Crippen LogP contribution >= 0.6 is 0 Å². The van der Waals surface area contributed by atoms with E-state index in [0.29, 0.717) is 6.54 Å². The maximum atomic E-state index is 13.7. The quantitative estimate of drug-likeness (QED) is 0.754. The molecule has 0 spiro atoms. The molecule has 136 valence electrons. The second-order valence-corrected chi connectivity index (χ2v) is 8.99. The highest BCUT2D eigenvalue weighted by Crippen LogP contribution is 2.43. The fraction of sp³-hybridized carbons (Fsp3) is 0.333. The monoisotopic (exact) mass is 371 g/mol. The molecule has 0 aromatic heterocycles. The summed E-state index contributed by atoms with van der Waals surface area (Å²) in [6.07, 6.45) is 4.71. The second-order valence-electron chi connectivity index (χ2n) is 7.07. The third kappa shape index (κ3) is 3.33. The van der Waals surface area contributed by atoms with Crippen LogP contribution in [0.25, 0.3) is 0 Å². The first-order chi connectivity index (χ1) is 12.5. The lowest BCUT2D eigenvalue weighted by Gasteiger charge is -2.34. The minimum atomic E-state index is -3.44. The lowest BCUT2D eigenvalue weighted by molar-refractivity contribution is 0.344. The molecule has 5 heteroatoms. The molecule has 0 saturated carbocycles. The van der Waals surface area contributed by atoms with Gasteiger partial charge in [0.25, 0.3) is 0 Å². The lowest BCUT2D eigenvalue weighted by Crippen LogP contribution is -2.41. The summed E-state index contributed by atoms with van der Waals surface area (Å²) in [5.41, 5.74) is 2.87. The summed E-state index contributed by atoms with van der Waals surface area (Å²) in [4.78, 5) is 0. The smallest absolute Gasteiger partial charge is 0.212 e. The summed E-state index contributed by atoms with van der Waals surface area (Å²) in [6.45, 7) is 0.511. The minimum absolute atomic E-state index is 0.00743. The zero-order valence-corrected chi connectivity index (χ0v) is 15.3. The number of benzene rings is 2. The van der Waals surface area contributed by atoms with Gasteiger partial charge in [0.15, 0.2) is 0 Å². The van der Waals surface area contributed by atoms with E-state index < -0.39 is 10.0 Å². The first-order valence-corrected chi connectivity index (χ1v) is 10.6. The van der Waals surface area contributed by atoms with E-state index in [1.807, 2.05) is 36.4 Å². The van der Waals surface area contributed by atoms with Crippen LogP contribution in [0.2, 0.25) is 0 Å². The number of sulfonamides is 1. The van der Waals surface area contributed by atoms with Crippen molar-refractivity contribution in [3.05, 3.63) is 83.2 Å². The van der Waals surface area contributed by atoms with Gasteiger partial charge in [-0.2, -0.15) is 4.31 Å². The molecule has 0 N–H and O–H groups in total. The summed E-state index contributed by atoms with van der Waals surface area (Å²) in [5.74, 6) is -0.248. The standard InChI is InChI=1S/C21H22FNO2S/c22-19-10-4-9-18(14-19)20-11-5-8-17-12-13-23(21(17)20)26(24,25)15-16-6-2-1-3-7-16/h1-4,6-10,14,20-21H,5,11-13,15H2/t20-,21+/m0/s1. The van der Waals surface area contributed by atoms with Crippen molar-refractivity contribution >= 4 is 10.0 Å². The summed E-state index contributed by atoms with van der Waals surface area (Å²) < 4.78 is 41.6. The maximum Gasteiger partial charge on any atom is 0.218 e. The Bertz CT molecular complexity index is 924. The van der Waals surface area contributed by atoms with Crippen LogP contribution in [0.5, 0.6) is 0 Å². The Morgan fingerprint density at radius 2 is 1.88 bits per heavy atom. The molecular formula is C21H22FNO2S. The Morgan fingerprint density at radius 1 is 1.08 bits per heavy atom. The zero-order chi connectivity index (χ0) is 18.1. The van der Waals surface area contributed by atoms with Gasteiger partial charge in [0.2, 0.25) is 10.0 Å². The molecule has 2 aromatic rings. The molecule has 0 bridgehead atoms. The van der Waals surface area contributed by atoms with Gasteiger partial charge in [-0.15, -0.1) is 0 Å². The highest BCUT2D eigenvalue weighted by Gasteiger charge is 2.43. The molecule has 2 aliphatic rings. The SMILES string of the molecule is O=S(=O)(Cc1ccccc1)N1CCC2=CCC[C@@H](c3cccc(F)c3)[C@@H]21. The summed E-state index contributed by atoms with van der Waals surface area (Å²) in [5, 5.41) is 0. The number of allylic oxidation sites excluding steroid dienone is 1. The molecule has 1 aliphatic heterocycles. The minimum Gasteiger partial charge on any atom is -0.212 e. The van der Waals surface area contributed by atoms with Gasteiger partial charge in [0.05, 0.1) is 11.8 Å². The van der Waals surface area contributed by atoms with E-state index >= 15 is 0 Å². The fourth-order valence-electron chi connectivity index (χ4n) is 4.27. The summed E-state index contributed by atoms with van der Waals surface area (Å²) >= 11 is 0. The van der Waals surface area contributed by atoms with Crippen LogP contribution in [-0.2, 0) is 15.8 Å². The third-order valence-electron chi connectivity index (χ3n) is 5.40. The van der Waals surface area contributed by atoms with Crippen LogP contribution in [0.15, 0.2) is 66.2 Å². The van der Waals surface area contributed by atoms with Crippen LogP contribution in [-0.4, -0.2) is 25.3 Å². The van der Waals surface area contributed by atoms with Crippen LogP contribution in [0.1, 0.15) is 36.3 Å². The average molecular weight is 371 g/mol. The van der Waals surface area contributed by atoms with Gasteiger partial charge < -0.3 is 0 Å². The highest BCUT2D eigenvalue weighted by molar-refractivity contribution is 7.88. The summed E-state index contributed by atoms with van der Waals surface area (Å²) in [6, 6.07) is 15.7. The van der Waals surface area contributed by atoms with Crippen LogP contribution in [0.4, 0.5) is 4.39 Å². The Hall–Kier alpha value is -1.98. The molecule has 1 fully saturated rings. The Morgan fingerprint density at radius 3 is 2.65 bits per heavy atom. The largest absolute Gasteiger partial charge is 0.218 e. The van der Waals surface area contributed by atoms with Gasteiger partial charge in [0.1, 0.15) is 5.82 Å². The molecule has 1 saturated heterocycles. The zero-order valence-electron chi connectivity index (χ0n) is 14.5. The van der Waals surface area contributed by atoms with Crippen molar-refractivity contribution in [1.29, 1.82) is 0 Å². The van der Waals surface area contributed by atoms with E-state index in [9.17, 15) is 12.8 Å². The topological polar surface area (TPSA) is 37.4 Å². The van der Waals surface area contributed by atoms with Crippen LogP contribution < -0.4 is 0 Å². The number of hydrogen-bond donors (Lipinski definition) is 0. The van der Waals surface area contributed by atoms with Gasteiger partial charge >= 0.3 is 0 Å². The molecule has 4 rings (SSSR count). The number of fused-ring (bicyclic) bond motifs is 1. The molecular weight excluding hydrogens is 349 g/mol. The molecule has 2 atom stereocenters. The molecule has 26 heavy (non-hydrogen) atoms. The summed E-state index contributed by atoms with van der Waals surface area (Å²) in [7, 11) is -3.44. The Kier molecular flexibility index (Phi) is 4.67. The van der Waals surface area contributed by atoms with Gasteiger partial charge in [-0.25, -0.2) is 12.8 Å². The normalized spacial score (nSPS) is 23.5. The van der Waals surface area contributed by atoms with Crippen molar-refractivity contribution in [2.75, 3.05) is 6.54 Å². The number of halogens is 1. The Labute approximate surface area is 154 Å². The second kappa shape index (κ2) is 6.97. The number of rotatable bonds is 4. The van der Waals surface area contributed by atoms with Gasteiger partial charge in [0, 0.05) is 12.5 Å². The molecule has 3 nitrogen and oxygen atoms in total. The fourth-order valence-corrected chi connectivity index (χ4v) is 6.04. The molecule has 1 heterocycles. The van der Waals surface area contributed by atoms with E-state index in [1.54, 1.807) is 16.4 Å². The van der Waals surface area contributed by atoms with Gasteiger partial charge in [-0.1, -0.05) is 54.1 Å².